The van der Waals surface area contributed by atoms with Crippen molar-refractivity contribution in [3.05, 3.63) is 35.7 Å². The van der Waals surface area contributed by atoms with Crippen molar-refractivity contribution in [2.45, 2.75) is 13.3 Å². The summed E-state index contributed by atoms with van der Waals surface area (Å²) in [5, 5.41) is 0. The van der Waals surface area contributed by atoms with Gasteiger partial charge in [-0.3, -0.25) is 0 Å². The van der Waals surface area contributed by atoms with Crippen LogP contribution in [0, 0.1) is 12.7 Å². The van der Waals surface area contributed by atoms with E-state index in [1.807, 2.05) is 6.20 Å². The summed E-state index contributed by atoms with van der Waals surface area (Å²) >= 11 is 0. The third kappa shape index (κ3) is 1.28. The minimum absolute atomic E-state index is 0.235. The summed E-state index contributed by atoms with van der Waals surface area (Å²) in [6.45, 7) is 2.33. The van der Waals surface area contributed by atoms with Gasteiger partial charge in [-0.15, -0.1) is 0 Å². The first kappa shape index (κ1) is 9.15. The molecule has 3 nitrogen and oxygen atoms in total. The molecule has 2 N–H and O–H groups in total. The van der Waals surface area contributed by atoms with E-state index in [0.29, 0.717) is 24.2 Å². The van der Waals surface area contributed by atoms with Gasteiger partial charge in [0.1, 0.15) is 17.2 Å². The number of nitrogens with two attached hydrogens (primary N) is 1. The fourth-order valence-electron chi connectivity index (χ4n) is 1.65. The van der Waals surface area contributed by atoms with Crippen LogP contribution in [0.1, 0.15) is 11.5 Å². The minimum atomic E-state index is -0.235. The third-order valence-electron chi connectivity index (χ3n) is 2.23. The molecule has 0 spiro atoms. The third-order valence-corrected chi connectivity index (χ3v) is 2.23. The molecule has 2 heterocycles. The number of nitrogens with zero attached hydrogens (tertiary/aromatic N) is 2. The van der Waals surface area contributed by atoms with Crippen molar-refractivity contribution < 1.29 is 4.39 Å². The van der Waals surface area contributed by atoms with Crippen LogP contribution < -0.4 is 5.73 Å². The van der Waals surface area contributed by atoms with Crippen LogP contribution in [0.25, 0.3) is 5.52 Å². The zero-order chi connectivity index (χ0) is 10.1. The second kappa shape index (κ2) is 3.38. The number of aryl methyl sites for hydroxylation is 1. The molecular formula is C10H12FN3. The van der Waals surface area contributed by atoms with Crippen LogP contribution in [-0.2, 0) is 6.42 Å². The first-order chi connectivity index (χ1) is 6.74. The van der Waals surface area contributed by atoms with Gasteiger partial charge in [-0.1, -0.05) is 0 Å². The van der Waals surface area contributed by atoms with Crippen molar-refractivity contribution in [3.8, 4) is 0 Å². The van der Waals surface area contributed by atoms with Crippen molar-refractivity contribution in [3.63, 3.8) is 0 Å². The lowest BCUT2D eigenvalue weighted by Crippen LogP contribution is -2.06. The van der Waals surface area contributed by atoms with Crippen molar-refractivity contribution in [2.24, 2.45) is 5.73 Å². The largest absolute Gasteiger partial charge is 0.330 e. The lowest BCUT2D eigenvalue weighted by molar-refractivity contribution is 0.631. The summed E-state index contributed by atoms with van der Waals surface area (Å²) in [6, 6.07) is 3.11. The number of hydrogen-bond acceptors (Lipinski definition) is 2. The van der Waals surface area contributed by atoms with Crippen LogP contribution in [0.15, 0.2) is 18.3 Å². The maximum atomic E-state index is 13.4. The van der Waals surface area contributed by atoms with Crippen LogP contribution >= 0.6 is 0 Å². The Hall–Kier alpha value is -1.42. The van der Waals surface area contributed by atoms with E-state index in [1.165, 1.54) is 6.07 Å². The van der Waals surface area contributed by atoms with Gasteiger partial charge in [0.15, 0.2) is 0 Å². The molecule has 4 heteroatoms. The fourth-order valence-corrected chi connectivity index (χ4v) is 1.65. The molecule has 0 aliphatic carbocycles. The van der Waals surface area contributed by atoms with E-state index < -0.39 is 0 Å². The predicted molar refractivity (Wildman–Crippen MR) is 52.6 cm³/mol. The summed E-state index contributed by atoms with van der Waals surface area (Å²) < 4.78 is 15.2. The standard InChI is InChI=1S/C10H12FN3/c1-7-10-8(11)3-2-6-14(10)9(13-7)4-5-12/h2-3,6H,4-5,12H2,1H3. The molecule has 2 rings (SSSR count). The molecule has 0 aliphatic rings. The summed E-state index contributed by atoms with van der Waals surface area (Å²) in [5.41, 5.74) is 6.72. The Kier molecular flexibility index (Phi) is 2.21. The van der Waals surface area contributed by atoms with Gasteiger partial charge < -0.3 is 10.1 Å². The summed E-state index contributed by atoms with van der Waals surface area (Å²) in [6.07, 6.45) is 2.47. The monoisotopic (exact) mass is 193 g/mol. The average molecular weight is 193 g/mol. The summed E-state index contributed by atoms with van der Waals surface area (Å²) in [4.78, 5) is 4.28. The van der Waals surface area contributed by atoms with Crippen LogP contribution in [-0.4, -0.2) is 15.9 Å². The highest BCUT2D eigenvalue weighted by molar-refractivity contribution is 5.53. The zero-order valence-corrected chi connectivity index (χ0v) is 8.00. The highest BCUT2D eigenvalue weighted by Crippen LogP contribution is 2.15. The smallest absolute Gasteiger partial charge is 0.149 e. The molecule has 2 aromatic heterocycles. The molecule has 0 saturated heterocycles. The van der Waals surface area contributed by atoms with Crippen molar-refractivity contribution in [1.29, 1.82) is 0 Å². The summed E-state index contributed by atoms with van der Waals surface area (Å²) in [7, 11) is 0. The lowest BCUT2D eigenvalue weighted by Gasteiger charge is -1.99. The van der Waals surface area contributed by atoms with Crippen LogP contribution in [0.3, 0.4) is 0 Å². The molecule has 0 fully saturated rings. The summed E-state index contributed by atoms with van der Waals surface area (Å²) in [5.74, 6) is 0.584. The van der Waals surface area contributed by atoms with Gasteiger partial charge in [0.25, 0.3) is 0 Å². The Morgan fingerprint density at radius 1 is 1.57 bits per heavy atom. The number of pyridine rings is 1. The molecule has 0 aliphatic heterocycles. The second-order valence-corrected chi connectivity index (χ2v) is 3.23. The molecule has 0 aromatic carbocycles. The number of fused-ring (bicyclic) bond motifs is 1. The number of imidazole rings is 1. The normalized spacial score (nSPS) is 11.1. The molecule has 0 bridgehead atoms. The van der Waals surface area contributed by atoms with Crippen molar-refractivity contribution >= 4 is 5.52 Å². The Bertz CT molecular complexity index is 462. The van der Waals surface area contributed by atoms with E-state index in [-0.39, 0.29) is 5.82 Å². The van der Waals surface area contributed by atoms with E-state index in [4.69, 9.17) is 5.73 Å². The highest BCUT2D eigenvalue weighted by Gasteiger charge is 2.10. The predicted octanol–water partition coefficient (Wildman–Crippen LogP) is 1.28. The van der Waals surface area contributed by atoms with E-state index in [2.05, 4.69) is 4.98 Å². The Morgan fingerprint density at radius 2 is 2.36 bits per heavy atom. The molecule has 74 valence electrons. The SMILES string of the molecule is Cc1nc(CCN)n2cccc(F)c12. The Labute approximate surface area is 81.4 Å². The molecule has 0 atom stereocenters. The van der Waals surface area contributed by atoms with E-state index in [0.717, 1.165) is 5.82 Å². The van der Waals surface area contributed by atoms with Gasteiger partial charge in [-0.2, -0.15) is 0 Å². The Balaban J connectivity index is 2.71. The molecular weight excluding hydrogens is 181 g/mol. The average Bonchev–Trinajstić information content (AvgIpc) is 2.46. The molecule has 0 saturated carbocycles. The van der Waals surface area contributed by atoms with Gasteiger partial charge in [-0.25, -0.2) is 9.37 Å². The van der Waals surface area contributed by atoms with Crippen LogP contribution in [0.5, 0.6) is 0 Å². The van der Waals surface area contributed by atoms with Gasteiger partial charge in [0, 0.05) is 12.6 Å². The van der Waals surface area contributed by atoms with E-state index in [1.54, 1.807) is 17.4 Å². The number of aromatic nitrogens is 2. The topological polar surface area (TPSA) is 43.3 Å². The molecule has 2 aromatic rings. The van der Waals surface area contributed by atoms with E-state index in [9.17, 15) is 4.39 Å². The van der Waals surface area contributed by atoms with Crippen LogP contribution in [0.2, 0.25) is 0 Å². The van der Waals surface area contributed by atoms with Gasteiger partial charge in [0.05, 0.1) is 5.69 Å². The zero-order valence-electron chi connectivity index (χ0n) is 8.00. The van der Waals surface area contributed by atoms with Gasteiger partial charge >= 0.3 is 0 Å². The maximum absolute atomic E-state index is 13.4. The first-order valence-electron chi connectivity index (χ1n) is 4.56. The number of halogens is 1. The van der Waals surface area contributed by atoms with Gasteiger partial charge in [0.2, 0.25) is 0 Å². The second-order valence-electron chi connectivity index (χ2n) is 3.23. The highest BCUT2D eigenvalue weighted by atomic mass is 19.1. The lowest BCUT2D eigenvalue weighted by atomic mass is 10.3. The quantitative estimate of drug-likeness (QED) is 0.780. The number of rotatable bonds is 2. The minimum Gasteiger partial charge on any atom is -0.330 e. The van der Waals surface area contributed by atoms with Gasteiger partial charge in [-0.05, 0) is 25.6 Å². The van der Waals surface area contributed by atoms with E-state index >= 15 is 0 Å². The first-order valence-corrected chi connectivity index (χ1v) is 4.56. The number of hydrogen-bond donors (Lipinski definition) is 1. The Morgan fingerprint density at radius 3 is 3.07 bits per heavy atom. The molecule has 0 radical (unpaired) electrons. The molecule has 14 heavy (non-hydrogen) atoms. The fraction of sp³-hybridized carbons (Fsp3) is 0.300. The van der Waals surface area contributed by atoms with Crippen molar-refractivity contribution in [2.75, 3.05) is 6.54 Å². The van der Waals surface area contributed by atoms with Crippen LogP contribution in [0.4, 0.5) is 4.39 Å². The van der Waals surface area contributed by atoms with Crippen molar-refractivity contribution in [1.82, 2.24) is 9.38 Å². The molecule has 0 unspecified atom stereocenters. The maximum Gasteiger partial charge on any atom is 0.149 e. The molecule has 0 amide bonds.